The van der Waals surface area contributed by atoms with Crippen molar-refractivity contribution in [3.63, 3.8) is 0 Å². The predicted octanol–water partition coefficient (Wildman–Crippen LogP) is 1.80. The van der Waals surface area contributed by atoms with Crippen LogP contribution in [0.2, 0.25) is 5.04 Å². The van der Waals surface area contributed by atoms with Crippen LogP contribution in [0.1, 0.15) is 19.4 Å². The van der Waals surface area contributed by atoms with Gasteiger partial charge in [0, 0.05) is 10.2 Å². The van der Waals surface area contributed by atoms with Crippen LogP contribution in [0, 0.1) is 0 Å². The van der Waals surface area contributed by atoms with Crippen molar-refractivity contribution < 1.29 is 4.74 Å². The molecule has 0 aromatic heterocycles. The Balaban J connectivity index is 2.87. The van der Waals surface area contributed by atoms with Gasteiger partial charge in [-0.3, -0.25) is 0 Å². The fourth-order valence-corrected chi connectivity index (χ4v) is 1.80. The Labute approximate surface area is 83.5 Å². The molecule has 0 aliphatic heterocycles. The topological polar surface area (TPSA) is 9.23 Å². The molecule has 0 N–H and O–H groups in total. The Kier molecular flexibility index (Phi) is 3.15. The molecule has 72 valence electrons. The Morgan fingerprint density at radius 2 is 1.92 bits per heavy atom. The predicted molar refractivity (Wildman–Crippen MR) is 60.7 cm³/mol. The van der Waals surface area contributed by atoms with Crippen molar-refractivity contribution in [3.05, 3.63) is 29.8 Å². The third-order valence-electron chi connectivity index (χ3n) is 1.91. The van der Waals surface area contributed by atoms with Crippen molar-refractivity contribution in [2.24, 2.45) is 0 Å². The second-order valence-electron chi connectivity index (χ2n) is 4.55. The fourth-order valence-electron chi connectivity index (χ4n) is 1.42. The summed E-state index contributed by atoms with van der Waals surface area (Å²) in [5.41, 5.74) is 1.32. The van der Waals surface area contributed by atoms with Crippen LogP contribution in [0.3, 0.4) is 0 Å². The number of rotatable bonds is 3. The summed E-state index contributed by atoms with van der Waals surface area (Å²) in [5, 5.41) is 0.453. The zero-order chi connectivity index (χ0) is 9.90. The van der Waals surface area contributed by atoms with E-state index in [1.165, 1.54) is 15.8 Å². The second kappa shape index (κ2) is 3.96. The van der Waals surface area contributed by atoms with Crippen molar-refractivity contribution in [2.45, 2.75) is 25.3 Å². The molecule has 0 spiro atoms. The molecule has 0 saturated carbocycles. The van der Waals surface area contributed by atoms with Crippen LogP contribution in [0.15, 0.2) is 24.3 Å². The van der Waals surface area contributed by atoms with Gasteiger partial charge in [-0.15, -0.1) is 0 Å². The van der Waals surface area contributed by atoms with E-state index in [-0.39, 0.29) is 0 Å². The monoisotopic (exact) mass is 194 g/mol. The molecule has 1 rings (SSSR count). The van der Waals surface area contributed by atoms with E-state index in [9.17, 15) is 0 Å². The number of para-hydroxylation sites is 1. The van der Waals surface area contributed by atoms with Crippen molar-refractivity contribution in [3.8, 4) is 5.75 Å². The van der Waals surface area contributed by atoms with Crippen LogP contribution in [0.5, 0.6) is 5.75 Å². The van der Waals surface area contributed by atoms with Crippen molar-refractivity contribution in [1.82, 2.24) is 0 Å². The van der Waals surface area contributed by atoms with Gasteiger partial charge in [0.15, 0.2) is 0 Å². The van der Waals surface area contributed by atoms with Gasteiger partial charge >= 0.3 is 0 Å². The quantitative estimate of drug-likeness (QED) is 0.667. The van der Waals surface area contributed by atoms with Crippen LogP contribution in [-0.4, -0.2) is 17.4 Å². The Bertz CT molecular complexity index is 276. The molecule has 1 aromatic carbocycles. The molecule has 0 heterocycles. The van der Waals surface area contributed by atoms with E-state index < -0.39 is 0 Å². The molecule has 0 amide bonds. The van der Waals surface area contributed by atoms with Crippen molar-refractivity contribution in [1.29, 1.82) is 0 Å². The van der Waals surface area contributed by atoms with Gasteiger partial charge in [-0.05, 0) is 23.1 Å². The summed E-state index contributed by atoms with van der Waals surface area (Å²) in [6, 6.07) is 8.27. The van der Waals surface area contributed by atoms with E-state index >= 15 is 0 Å². The molecule has 0 fully saturated rings. The molecule has 0 bridgehead atoms. The Hall–Kier alpha value is -0.763. The lowest BCUT2D eigenvalue weighted by Gasteiger charge is -2.19. The van der Waals surface area contributed by atoms with E-state index in [0.717, 1.165) is 12.2 Å². The largest absolute Gasteiger partial charge is 0.496 e. The van der Waals surface area contributed by atoms with E-state index in [1.807, 2.05) is 12.1 Å². The first-order chi connectivity index (χ1) is 6.03. The fraction of sp³-hybridized carbons (Fsp3) is 0.455. The molecule has 0 saturated heterocycles. The third kappa shape index (κ3) is 3.23. The van der Waals surface area contributed by atoms with Gasteiger partial charge in [-0.1, -0.05) is 32.0 Å². The normalized spacial score (nSPS) is 11.6. The van der Waals surface area contributed by atoms with Gasteiger partial charge in [0.05, 0.1) is 7.11 Å². The minimum Gasteiger partial charge on any atom is -0.496 e. The molecular formula is C11H18OSi. The number of hydrogen-bond acceptors (Lipinski definition) is 1. The van der Waals surface area contributed by atoms with Crippen LogP contribution >= 0.6 is 0 Å². The zero-order valence-corrected chi connectivity index (χ0v) is 10.9. The van der Waals surface area contributed by atoms with E-state index in [4.69, 9.17) is 4.74 Å². The van der Waals surface area contributed by atoms with Crippen LogP contribution in [0.4, 0.5) is 0 Å². The molecule has 1 nitrogen and oxygen atoms in total. The van der Waals surface area contributed by atoms with Gasteiger partial charge in [0.2, 0.25) is 0 Å². The highest BCUT2D eigenvalue weighted by Crippen LogP contribution is 2.29. The highest BCUT2D eigenvalue weighted by molar-refractivity contribution is 6.14. The lowest BCUT2D eigenvalue weighted by molar-refractivity contribution is 0.407. The number of ether oxygens (including phenoxy) is 1. The molecule has 0 unspecified atom stereocenters. The highest BCUT2D eigenvalue weighted by atomic mass is 28.1. The van der Waals surface area contributed by atoms with Crippen LogP contribution < -0.4 is 4.74 Å². The third-order valence-corrected chi connectivity index (χ3v) is 2.27. The SMILES string of the molecule is COc1ccccc1CC(C)(C)[SiH3]. The van der Waals surface area contributed by atoms with Gasteiger partial charge in [0.1, 0.15) is 5.75 Å². The van der Waals surface area contributed by atoms with Crippen molar-refractivity contribution >= 4 is 10.2 Å². The standard InChI is InChI=1S/C11H18OSi/c1-11(2,13)8-9-6-4-5-7-10(9)12-3/h4-7H,8H2,1-3,13H3. The highest BCUT2D eigenvalue weighted by Gasteiger charge is 2.13. The van der Waals surface area contributed by atoms with Crippen LogP contribution in [-0.2, 0) is 6.42 Å². The summed E-state index contributed by atoms with van der Waals surface area (Å²) >= 11 is 0. The summed E-state index contributed by atoms with van der Waals surface area (Å²) in [7, 11) is 2.94. The average molecular weight is 194 g/mol. The van der Waals surface area contributed by atoms with Gasteiger partial charge in [-0.2, -0.15) is 0 Å². The smallest absolute Gasteiger partial charge is 0.122 e. The van der Waals surface area contributed by atoms with E-state index in [1.54, 1.807) is 7.11 Å². The molecule has 13 heavy (non-hydrogen) atoms. The number of methoxy groups -OCH3 is 1. The lowest BCUT2D eigenvalue weighted by atomic mass is 10.0. The first-order valence-electron chi connectivity index (χ1n) is 4.65. The summed E-state index contributed by atoms with van der Waals surface area (Å²) < 4.78 is 5.31. The summed E-state index contributed by atoms with van der Waals surface area (Å²) in [6.07, 6.45) is 1.11. The van der Waals surface area contributed by atoms with Crippen molar-refractivity contribution in [2.75, 3.05) is 7.11 Å². The van der Waals surface area contributed by atoms with Crippen LogP contribution in [0.25, 0.3) is 0 Å². The molecule has 2 heteroatoms. The zero-order valence-electron chi connectivity index (χ0n) is 8.92. The Morgan fingerprint density at radius 3 is 2.46 bits per heavy atom. The van der Waals surface area contributed by atoms with Gasteiger partial charge in [0.25, 0.3) is 0 Å². The summed E-state index contributed by atoms with van der Waals surface area (Å²) in [4.78, 5) is 0. The second-order valence-corrected chi connectivity index (χ2v) is 7.26. The van der Waals surface area contributed by atoms with E-state index in [2.05, 4.69) is 26.0 Å². The first-order valence-corrected chi connectivity index (χ1v) is 5.65. The maximum Gasteiger partial charge on any atom is 0.122 e. The molecule has 1 aromatic rings. The Morgan fingerprint density at radius 1 is 1.31 bits per heavy atom. The minimum absolute atomic E-state index is 0.453. The molecule has 0 aliphatic carbocycles. The maximum absolute atomic E-state index is 5.31. The number of benzene rings is 1. The first kappa shape index (κ1) is 10.3. The summed E-state index contributed by atoms with van der Waals surface area (Å²) in [6.45, 7) is 4.59. The van der Waals surface area contributed by atoms with Gasteiger partial charge < -0.3 is 4.74 Å². The summed E-state index contributed by atoms with van der Waals surface area (Å²) in [5.74, 6) is 1.02. The van der Waals surface area contributed by atoms with Gasteiger partial charge in [-0.25, -0.2) is 0 Å². The minimum atomic E-state index is 0.453. The maximum atomic E-state index is 5.31. The molecule has 0 atom stereocenters. The van der Waals surface area contributed by atoms with E-state index in [0.29, 0.717) is 5.04 Å². The molecule has 0 radical (unpaired) electrons. The average Bonchev–Trinajstić information content (AvgIpc) is 2.02. The number of hydrogen-bond donors (Lipinski definition) is 0. The lowest BCUT2D eigenvalue weighted by Crippen LogP contribution is -2.07. The molecular weight excluding hydrogens is 176 g/mol. The molecule has 0 aliphatic rings.